The number of nitrogens with zero attached hydrogens (tertiary/aromatic N) is 1. The predicted octanol–water partition coefficient (Wildman–Crippen LogP) is 0.707. The molecule has 0 aliphatic carbocycles. The molecule has 2 aliphatic heterocycles. The number of fused-ring (bicyclic) bond motifs is 1. The second-order valence-electron chi connectivity index (χ2n) is 7.46. The topological polar surface area (TPSA) is 126 Å². The average Bonchev–Trinajstić information content (AvgIpc) is 2.90. The molecule has 1 fully saturated rings. The fourth-order valence-electron chi connectivity index (χ4n) is 3.04. The van der Waals surface area contributed by atoms with Crippen molar-refractivity contribution in [3.63, 3.8) is 0 Å². The van der Waals surface area contributed by atoms with Crippen LogP contribution in [0.5, 0.6) is 11.5 Å². The summed E-state index contributed by atoms with van der Waals surface area (Å²) in [5.74, 6) is -0.106. The van der Waals surface area contributed by atoms with Crippen LogP contribution in [0.25, 0.3) is 0 Å². The van der Waals surface area contributed by atoms with Crippen LogP contribution in [0.1, 0.15) is 26.3 Å². The number of urea groups is 2. The molecule has 1 saturated heterocycles. The molecule has 2 aliphatic rings. The van der Waals surface area contributed by atoms with Gasteiger partial charge in [-0.2, -0.15) is 0 Å². The summed E-state index contributed by atoms with van der Waals surface area (Å²) in [5, 5.41) is 7.26. The number of rotatable bonds is 5. The number of hydrogen-bond donors (Lipinski definition) is 3. The van der Waals surface area contributed by atoms with E-state index < -0.39 is 36.0 Å². The molecular formula is C19H24N4O6. The molecular weight excluding hydrogens is 380 g/mol. The van der Waals surface area contributed by atoms with Crippen molar-refractivity contribution in [1.82, 2.24) is 20.9 Å². The highest BCUT2D eigenvalue weighted by atomic mass is 16.6. The van der Waals surface area contributed by atoms with Crippen LogP contribution in [0.3, 0.4) is 0 Å². The first kappa shape index (κ1) is 20.4. The molecule has 156 valence electrons. The zero-order chi connectivity index (χ0) is 21.2. The molecule has 10 heteroatoms. The molecule has 0 unspecified atom stereocenters. The summed E-state index contributed by atoms with van der Waals surface area (Å²) in [6, 6.07) is 3.57. The van der Waals surface area contributed by atoms with Crippen LogP contribution in [0.4, 0.5) is 9.59 Å². The van der Waals surface area contributed by atoms with E-state index in [0.29, 0.717) is 36.8 Å². The molecule has 0 saturated carbocycles. The number of carbonyl (C=O) groups is 4. The van der Waals surface area contributed by atoms with Crippen molar-refractivity contribution in [3.05, 3.63) is 23.8 Å². The lowest BCUT2D eigenvalue weighted by atomic mass is 9.91. The second-order valence-corrected chi connectivity index (χ2v) is 7.46. The van der Waals surface area contributed by atoms with Gasteiger partial charge in [0.05, 0.1) is 0 Å². The van der Waals surface area contributed by atoms with Crippen molar-refractivity contribution in [3.8, 4) is 11.5 Å². The predicted molar refractivity (Wildman–Crippen MR) is 101 cm³/mol. The quantitative estimate of drug-likeness (QED) is 0.621. The average molecular weight is 404 g/mol. The van der Waals surface area contributed by atoms with Crippen LogP contribution in [0.2, 0.25) is 0 Å². The standard InChI is InChI=1S/C19H24N4O6/c1-11(2)9-20-17(26)21-15(24)10-23-16(25)19(3,22-18(23)27)12-4-5-13-14(8-12)29-7-6-28-13/h4-5,8,11H,6-7,9-10H2,1-3H3,(H,22,27)(H2,20,21,24,26)/t19-/m0/s1. The zero-order valence-corrected chi connectivity index (χ0v) is 16.5. The molecule has 3 N–H and O–H groups in total. The smallest absolute Gasteiger partial charge is 0.325 e. The first-order valence-corrected chi connectivity index (χ1v) is 9.32. The Morgan fingerprint density at radius 2 is 1.90 bits per heavy atom. The fourth-order valence-corrected chi connectivity index (χ4v) is 3.04. The van der Waals surface area contributed by atoms with Gasteiger partial charge in [-0.1, -0.05) is 19.9 Å². The van der Waals surface area contributed by atoms with E-state index in [-0.39, 0.29) is 5.92 Å². The van der Waals surface area contributed by atoms with Crippen molar-refractivity contribution in [1.29, 1.82) is 0 Å². The number of benzene rings is 1. The summed E-state index contributed by atoms with van der Waals surface area (Å²) in [5.41, 5.74) is -0.870. The lowest BCUT2D eigenvalue weighted by Gasteiger charge is -2.25. The highest BCUT2D eigenvalue weighted by molar-refractivity contribution is 6.10. The van der Waals surface area contributed by atoms with Crippen molar-refractivity contribution < 1.29 is 28.7 Å². The third-order valence-corrected chi connectivity index (χ3v) is 4.62. The summed E-state index contributed by atoms with van der Waals surface area (Å²) in [6.45, 7) is 6.02. The Morgan fingerprint density at radius 3 is 2.59 bits per heavy atom. The summed E-state index contributed by atoms with van der Waals surface area (Å²) < 4.78 is 11.0. The van der Waals surface area contributed by atoms with E-state index in [9.17, 15) is 19.2 Å². The number of nitrogens with one attached hydrogen (secondary N) is 3. The molecule has 6 amide bonds. The number of ether oxygens (including phenoxy) is 2. The van der Waals surface area contributed by atoms with Crippen molar-refractivity contribution in [2.24, 2.45) is 5.92 Å². The van der Waals surface area contributed by atoms with Crippen LogP contribution < -0.4 is 25.4 Å². The molecule has 0 spiro atoms. The van der Waals surface area contributed by atoms with Crippen LogP contribution >= 0.6 is 0 Å². The lowest BCUT2D eigenvalue weighted by Crippen LogP contribution is -2.47. The molecule has 0 bridgehead atoms. The lowest BCUT2D eigenvalue weighted by molar-refractivity contribution is -0.134. The number of amides is 6. The third-order valence-electron chi connectivity index (χ3n) is 4.62. The number of imide groups is 2. The van der Waals surface area contributed by atoms with Gasteiger partial charge in [0.25, 0.3) is 5.91 Å². The van der Waals surface area contributed by atoms with Crippen LogP contribution in [0.15, 0.2) is 18.2 Å². The first-order chi connectivity index (χ1) is 13.7. The Kier molecular flexibility index (Phi) is 5.62. The van der Waals surface area contributed by atoms with Crippen LogP contribution in [-0.2, 0) is 15.1 Å². The summed E-state index contributed by atoms with van der Waals surface area (Å²) in [7, 11) is 0. The van der Waals surface area contributed by atoms with E-state index in [2.05, 4.69) is 16.0 Å². The van der Waals surface area contributed by atoms with E-state index in [1.807, 2.05) is 13.8 Å². The SMILES string of the molecule is CC(C)CNC(=O)NC(=O)CN1C(=O)N[C@@](C)(c2ccc3c(c2)OCCO3)C1=O. The Labute approximate surface area is 167 Å². The van der Waals surface area contributed by atoms with E-state index in [1.165, 1.54) is 0 Å². The van der Waals surface area contributed by atoms with Gasteiger partial charge in [-0.15, -0.1) is 0 Å². The maximum atomic E-state index is 12.9. The number of carbonyl (C=O) groups excluding carboxylic acids is 4. The van der Waals surface area contributed by atoms with Crippen molar-refractivity contribution >= 4 is 23.9 Å². The van der Waals surface area contributed by atoms with Gasteiger partial charge in [-0.25, -0.2) is 9.59 Å². The maximum Gasteiger partial charge on any atom is 0.325 e. The van der Waals surface area contributed by atoms with Gasteiger partial charge in [-0.05, 0) is 30.5 Å². The van der Waals surface area contributed by atoms with Crippen LogP contribution in [-0.4, -0.2) is 55.1 Å². The molecule has 1 aromatic carbocycles. The minimum atomic E-state index is -1.37. The molecule has 3 rings (SSSR count). The van der Waals surface area contributed by atoms with Gasteiger partial charge in [-0.3, -0.25) is 19.8 Å². The monoisotopic (exact) mass is 404 g/mol. The normalized spacial score (nSPS) is 20.5. The van der Waals surface area contributed by atoms with Crippen LogP contribution in [0, 0.1) is 5.92 Å². The fraction of sp³-hybridized carbons (Fsp3) is 0.474. The molecule has 1 aromatic rings. The molecule has 0 aromatic heterocycles. The maximum absolute atomic E-state index is 12.9. The molecule has 1 atom stereocenters. The molecule has 29 heavy (non-hydrogen) atoms. The van der Waals surface area contributed by atoms with Gasteiger partial charge in [0.2, 0.25) is 5.91 Å². The van der Waals surface area contributed by atoms with E-state index in [4.69, 9.17) is 9.47 Å². The van der Waals surface area contributed by atoms with E-state index in [1.54, 1.807) is 25.1 Å². The van der Waals surface area contributed by atoms with Gasteiger partial charge in [0.1, 0.15) is 25.3 Å². The summed E-state index contributed by atoms with van der Waals surface area (Å²) >= 11 is 0. The molecule has 10 nitrogen and oxygen atoms in total. The molecule has 0 radical (unpaired) electrons. The third kappa shape index (κ3) is 4.25. The highest BCUT2D eigenvalue weighted by Crippen LogP contribution is 2.36. The Hall–Kier alpha value is -3.30. The second kappa shape index (κ2) is 7.98. The Morgan fingerprint density at radius 1 is 1.21 bits per heavy atom. The Bertz CT molecular complexity index is 855. The largest absolute Gasteiger partial charge is 0.486 e. The Balaban J connectivity index is 1.69. The van der Waals surface area contributed by atoms with Gasteiger partial charge in [0, 0.05) is 6.54 Å². The van der Waals surface area contributed by atoms with Gasteiger partial charge < -0.3 is 20.1 Å². The molecule has 2 heterocycles. The zero-order valence-electron chi connectivity index (χ0n) is 16.5. The van der Waals surface area contributed by atoms with Gasteiger partial charge in [0.15, 0.2) is 11.5 Å². The summed E-state index contributed by atoms with van der Waals surface area (Å²) in [4.78, 5) is 49.9. The van der Waals surface area contributed by atoms with Gasteiger partial charge >= 0.3 is 12.1 Å². The first-order valence-electron chi connectivity index (χ1n) is 9.32. The minimum Gasteiger partial charge on any atom is -0.486 e. The summed E-state index contributed by atoms with van der Waals surface area (Å²) in [6.07, 6.45) is 0. The van der Waals surface area contributed by atoms with Crippen molar-refractivity contribution in [2.75, 3.05) is 26.3 Å². The number of hydrogen-bond acceptors (Lipinski definition) is 6. The minimum absolute atomic E-state index is 0.216. The van der Waals surface area contributed by atoms with Crippen molar-refractivity contribution in [2.45, 2.75) is 26.3 Å². The van der Waals surface area contributed by atoms with E-state index in [0.717, 1.165) is 4.90 Å². The highest BCUT2D eigenvalue weighted by Gasteiger charge is 2.49. The van der Waals surface area contributed by atoms with E-state index >= 15 is 0 Å².